The summed E-state index contributed by atoms with van der Waals surface area (Å²) in [6, 6.07) is 5.74. The molecular formula is C11H15N3O. The molecule has 0 saturated carbocycles. The van der Waals surface area contributed by atoms with Crippen molar-refractivity contribution < 1.29 is 4.74 Å². The molecule has 2 N–H and O–H groups in total. The van der Waals surface area contributed by atoms with Crippen molar-refractivity contribution in [2.75, 3.05) is 7.11 Å². The van der Waals surface area contributed by atoms with E-state index in [0.29, 0.717) is 0 Å². The molecule has 0 aliphatic heterocycles. The summed E-state index contributed by atoms with van der Waals surface area (Å²) in [7, 11) is 3.61. The standard InChI is InChI=1S/C11H15N3O/c1-7(12)11-13-8-5-4-6-9(15-3)10(8)14(11)2/h4-7H,12H2,1-3H3. The number of hydrogen-bond donors (Lipinski definition) is 1. The van der Waals surface area contributed by atoms with Crippen molar-refractivity contribution in [3.05, 3.63) is 24.0 Å². The van der Waals surface area contributed by atoms with Crippen molar-refractivity contribution in [3.63, 3.8) is 0 Å². The summed E-state index contributed by atoms with van der Waals surface area (Å²) in [4.78, 5) is 4.48. The molecule has 80 valence electrons. The third-order valence-electron chi connectivity index (χ3n) is 2.52. The Hall–Kier alpha value is -1.55. The molecule has 1 heterocycles. The first-order valence-corrected chi connectivity index (χ1v) is 4.90. The zero-order chi connectivity index (χ0) is 11.0. The number of nitrogens with two attached hydrogens (primary N) is 1. The molecule has 15 heavy (non-hydrogen) atoms. The van der Waals surface area contributed by atoms with Gasteiger partial charge in [0.2, 0.25) is 0 Å². The largest absolute Gasteiger partial charge is 0.494 e. The average Bonchev–Trinajstić information content (AvgIpc) is 2.56. The predicted octanol–water partition coefficient (Wildman–Crippen LogP) is 1.60. The fourth-order valence-electron chi connectivity index (χ4n) is 1.82. The summed E-state index contributed by atoms with van der Waals surface area (Å²) in [6.07, 6.45) is 0. The molecule has 2 rings (SSSR count). The quantitative estimate of drug-likeness (QED) is 0.810. The average molecular weight is 205 g/mol. The maximum atomic E-state index is 5.85. The minimum absolute atomic E-state index is 0.0768. The van der Waals surface area contributed by atoms with Crippen LogP contribution in [0.4, 0.5) is 0 Å². The Kier molecular flexibility index (Phi) is 2.36. The number of aryl methyl sites for hydroxylation is 1. The Labute approximate surface area is 88.7 Å². The van der Waals surface area contributed by atoms with E-state index in [9.17, 15) is 0 Å². The second-order valence-electron chi connectivity index (χ2n) is 3.65. The molecule has 1 atom stereocenters. The van der Waals surface area contributed by atoms with Gasteiger partial charge in [-0.05, 0) is 19.1 Å². The van der Waals surface area contributed by atoms with Crippen molar-refractivity contribution >= 4 is 11.0 Å². The van der Waals surface area contributed by atoms with Crippen LogP contribution in [0.5, 0.6) is 5.75 Å². The van der Waals surface area contributed by atoms with Crippen molar-refractivity contribution in [1.29, 1.82) is 0 Å². The van der Waals surface area contributed by atoms with E-state index >= 15 is 0 Å². The smallest absolute Gasteiger partial charge is 0.144 e. The van der Waals surface area contributed by atoms with E-state index in [-0.39, 0.29) is 6.04 Å². The number of ether oxygens (including phenoxy) is 1. The van der Waals surface area contributed by atoms with Crippen LogP contribution < -0.4 is 10.5 Å². The van der Waals surface area contributed by atoms with E-state index in [1.165, 1.54) is 0 Å². The lowest BCUT2D eigenvalue weighted by Gasteiger charge is -2.07. The van der Waals surface area contributed by atoms with Crippen molar-refractivity contribution in [1.82, 2.24) is 9.55 Å². The number of fused-ring (bicyclic) bond motifs is 1. The summed E-state index contributed by atoms with van der Waals surface area (Å²) in [6.45, 7) is 1.92. The third-order valence-corrected chi connectivity index (χ3v) is 2.52. The molecule has 2 aromatic rings. The molecule has 0 aliphatic rings. The normalized spacial score (nSPS) is 13.1. The fourth-order valence-corrected chi connectivity index (χ4v) is 1.82. The highest BCUT2D eigenvalue weighted by Crippen LogP contribution is 2.26. The van der Waals surface area contributed by atoms with Gasteiger partial charge < -0.3 is 15.0 Å². The molecule has 1 aromatic heterocycles. The molecule has 1 unspecified atom stereocenters. The lowest BCUT2D eigenvalue weighted by molar-refractivity contribution is 0.417. The number of rotatable bonds is 2. The summed E-state index contributed by atoms with van der Waals surface area (Å²) >= 11 is 0. The summed E-state index contributed by atoms with van der Waals surface area (Å²) < 4.78 is 7.28. The monoisotopic (exact) mass is 205 g/mol. The van der Waals surface area contributed by atoms with Crippen molar-refractivity contribution in [2.24, 2.45) is 12.8 Å². The second kappa shape index (κ2) is 3.55. The molecule has 4 heteroatoms. The van der Waals surface area contributed by atoms with Crippen LogP contribution in [0.25, 0.3) is 11.0 Å². The van der Waals surface area contributed by atoms with Gasteiger partial charge in [-0.2, -0.15) is 0 Å². The number of para-hydroxylation sites is 1. The number of hydrogen-bond acceptors (Lipinski definition) is 3. The van der Waals surface area contributed by atoms with E-state index in [1.807, 2.05) is 36.7 Å². The number of benzene rings is 1. The Morgan fingerprint density at radius 2 is 2.20 bits per heavy atom. The molecule has 0 spiro atoms. The summed E-state index contributed by atoms with van der Waals surface area (Å²) in [5.74, 6) is 1.70. The molecule has 0 amide bonds. The number of nitrogens with zero attached hydrogens (tertiary/aromatic N) is 2. The Bertz CT molecular complexity index is 488. The fraction of sp³-hybridized carbons (Fsp3) is 0.364. The SMILES string of the molecule is COc1cccc2nc(C(C)N)n(C)c12. The van der Waals surface area contributed by atoms with Crippen LogP contribution in [-0.2, 0) is 7.05 Å². The predicted molar refractivity (Wildman–Crippen MR) is 59.9 cm³/mol. The second-order valence-corrected chi connectivity index (χ2v) is 3.65. The van der Waals surface area contributed by atoms with Gasteiger partial charge in [0.1, 0.15) is 17.1 Å². The first-order chi connectivity index (χ1) is 7.15. The third kappa shape index (κ3) is 1.47. The molecule has 0 bridgehead atoms. The van der Waals surface area contributed by atoms with Gasteiger partial charge in [-0.15, -0.1) is 0 Å². The van der Waals surface area contributed by atoms with Crippen LogP contribution in [0, 0.1) is 0 Å². The van der Waals surface area contributed by atoms with Gasteiger partial charge in [0.05, 0.1) is 18.7 Å². The van der Waals surface area contributed by atoms with Crippen LogP contribution in [0.2, 0.25) is 0 Å². The molecular weight excluding hydrogens is 190 g/mol. The van der Waals surface area contributed by atoms with Crippen molar-refractivity contribution in [2.45, 2.75) is 13.0 Å². The zero-order valence-electron chi connectivity index (χ0n) is 9.19. The topological polar surface area (TPSA) is 53.1 Å². The van der Waals surface area contributed by atoms with Crippen LogP contribution >= 0.6 is 0 Å². The first-order valence-electron chi connectivity index (χ1n) is 4.90. The summed E-state index contributed by atoms with van der Waals surface area (Å²) in [5, 5.41) is 0. The van der Waals surface area contributed by atoms with Crippen molar-refractivity contribution in [3.8, 4) is 5.75 Å². The molecule has 1 aromatic carbocycles. The van der Waals surface area contributed by atoms with Crippen LogP contribution in [0.1, 0.15) is 18.8 Å². The molecule has 0 fully saturated rings. The van der Waals surface area contributed by atoms with Gasteiger partial charge in [-0.3, -0.25) is 0 Å². The highest BCUT2D eigenvalue weighted by atomic mass is 16.5. The van der Waals surface area contributed by atoms with E-state index in [0.717, 1.165) is 22.6 Å². The van der Waals surface area contributed by atoms with Gasteiger partial charge in [-0.1, -0.05) is 6.07 Å². The zero-order valence-corrected chi connectivity index (χ0v) is 9.19. The van der Waals surface area contributed by atoms with Gasteiger partial charge >= 0.3 is 0 Å². The number of methoxy groups -OCH3 is 1. The summed E-state index contributed by atoms with van der Waals surface area (Å²) in [5.41, 5.74) is 7.76. The maximum Gasteiger partial charge on any atom is 0.144 e. The van der Waals surface area contributed by atoms with Crippen LogP contribution in [0.15, 0.2) is 18.2 Å². The lowest BCUT2D eigenvalue weighted by Crippen LogP contribution is -2.11. The highest BCUT2D eigenvalue weighted by molar-refractivity contribution is 5.82. The number of aromatic nitrogens is 2. The van der Waals surface area contributed by atoms with Gasteiger partial charge in [0, 0.05) is 7.05 Å². The Balaban J connectivity index is 2.77. The van der Waals surface area contributed by atoms with E-state index in [1.54, 1.807) is 7.11 Å². The van der Waals surface area contributed by atoms with Gasteiger partial charge in [0.25, 0.3) is 0 Å². The Morgan fingerprint density at radius 3 is 2.80 bits per heavy atom. The lowest BCUT2D eigenvalue weighted by atomic mass is 10.3. The Morgan fingerprint density at radius 1 is 1.47 bits per heavy atom. The van der Waals surface area contributed by atoms with Gasteiger partial charge in [0.15, 0.2) is 0 Å². The van der Waals surface area contributed by atoms with Gasteiger partial charge in [-0.25, -0.2) is 4.98 Å². The first kappa shape index (κ1) is 9.98. The molecule has 0 aliphatic carbocycles. The molecule has 0 radical (unpaired) electrons. The number of imidazole rings is 1. The van der Waals surface area contributed by atoms with E-state index in [4.69, 9.17) is 10.5 Å². The minimum Gasteiger partial charge on any atom is -0.494 e. The van der Waals surface area contributed by atoms with E-state index < -0.39 is 0 Å². The maximum absolute atomic E-state index is 5.85. The molecule has 0 saturated heterocycles. The van der Waals surface area contributed by atoms with Crippen LogP contribution in [0.3, 0.4) is 0 Å². The van der Waals surface area contributed by atoms with Crippen LogP contribution in [-0.4, -0.2) is 16.7 Å². The minimum atomic E-state index is -0.0768. The molecule has 4 nitrogen and oxygen atoms in total. The van der Waals surface area contributed by atoms with E-state index in [2.05, 4.69) is 4.98 Å². The highest BCUT2D eigenvalue weighted by Gasteiger charge is 2.13.